The number of thioether (sulfide) groups is 1. The molecule has 0 aromatic carbocycles. The first-order valence-corrected chi connectivity index (χ1v) is 7.28. The molecule has 0 saturated carbocycles. The fourth-order valence-electron chi connectivity index (χ4n) is 1.77. The number of carbonyl (C=O) groups excluding carboxylic acids is 1. The lowest BCUT2D eigenvalue weighted by Crippen LogP contribution is -2.03. The summed E-state index contributed by atoms with van der Waals surface area (Å²) in [5.41, 5.74) is 0.952. The van der Waals surface area contributed by atoms with E-state index in [2.05, 4.69) is 4.98 Å². The van der Waals surface area contributed by atoms with Gasteiger partial charge in [0.2, 0.25) is 0 Å². The van der Waals surface area contributed by atoms with Gasteiger partial charge in [0.25, 0.3) is 0 Å². The van der Waals surface area contributed by atoms with Crippen molar-refractivity contribution >= 4 is 28.9 Å². The number of nitrogens with zero attached hydrogens (tertiary/aromatic N) is 1. The van der Waals surface area contributed by atoms with Gasteiger partial charge in [0.05, 0.1) is 10.7 Å². The smallest absolute Gasteiger partial charge is 0.135 e. The van der Waals surface area contributed by atoms with Crippen molar-refractivity contribution in [2.24, 2.45) is 5.92 Å². The number of rotatable bonds is 4. The summed E-state index contributed by atoms with van der Waals surface area (Å²) in [6.07, 6.45) is 2.93. The molecule has 0 spiro atoms. The average Bonchev–Trinajstić information content (AvgIpc) is 2.77. The van der Waals surface area contributed by atoms with E-state index in [4.69, 9.17) is 0 Å². The van der Waals surface area contributed by atoms with Gasteiger partial charge in [-0.2, -0.15) is 11.8 Å². The van der Waals surface area contributed by atoms with Crippen LogP contribution in [0.4, 0.5) is 0 Å². The van der Waals surface area contributed by atoms with E-state index >= 15 is 0 Å². The molecule has 2 rings (SSSR count). The predicted molar refractivity (Wildman–Crippen MR) is 65.6 cm³/mol. The van der Waals surface area contributed by atoms with Gasteiger partial charge in [0.1, 0.15) is 5.78 Å². The van der Waals surface area contributed by atoms with Gasteiger partial charge in [0.15, 0.2) is 0 Å². The second-order valence-corrected chi connectivity index (χ2v) is 6.14. The highest BCUT2D eigenvalue weighted by molar-refractivity contribution is 7.99. The summed E-state index contributed by atoms with van der Waals surface area (Å²) in [5.74, 6) is 3.59. The highest BCUT2D eigenvalue weighted by Gasteiger charge is 2.17. The monoisotopic (exact) mass is 241 g/mol. The van der Waals surface area contributed by atoms with Crippen LogP contribution >= 0.6 is 23.1 Å². The van der Waals surface area contributed by atoms with Crippen LogP contribution in [0.15, 0.2) is 5.38 Å². The number of thiazole rings is 1. The minimum Gasteiger partial charge on any atom is -0.300 e. The van der Waals surface area contributed by atoms with E-state index in [0.29, 0.717) is 6.42 Å². The van der Waals surface area contributed by atoms with Crippen molar-refractivity contribution in [2.75, 3.05) is 11.5 Å². The highest BCUT2D eigenvalue weighted by Crippen LogP contribution is 2.27. The Morgan fingerprint density at radius 2 is 2.53 bits per heavy atom. The Kier molecular flexibility index (Phi) is 3.81. The third-order valence-electron chi connectivity index (χ3n) is 2.52. The summed E-state index contributed by atoms with van der Waals surface area (Å²) in [6, 6.07) is 0. The van der Waals surface area contributed by atoms with Gasteiger partial charge in [-0.1, -0.05) is 0 Å². The van der Waals surface area contributed by atoms with Crippen molar-refractivity contribution in [3.05, 3.63) is 16.1 Å². The first-order valence-electron chi connectivity index (χ1n) is 5.24. The van der Waals surface area contributed by atoms with E-state index in [1.165, 1.54) is 22.9 Å². The van der Waals surface area contributed by atoms with Crippen molar-refractivity contribution in [3.63, 3.8) is 0 Å². The van der Waals surface area contributed by atoms with Crippen LogP contribution < -0.4 is 0 Å². The van der Waals surface area contributed by atoms with Crippen molar-refractivity contribution in [2.45, 2.75) is 26.2 Å². The van der Waals surface area contributed by atoms with E-state index in [1.54, 1.807) is 18.3 Å². The SMILES string of the molecule is CC(=O)Cc1csc(CC2CCSC2)n1. The van der Waals surface area contributed by atoms with Gasteiger partial charge in [-0.15, -0.1) is 11.3 Å². The number of aromatic nitrogens is 1. The Hall–Kier alpha value is -0.350. The molecule has 0 aliphatic carbocycles. The zero-order chi connectivity index (χ0) is 10.7. The second-order valence-electron chi connectivity index (χ2n) is 4.05. The maximum atomic E-state index is 10.9. The topological polar surface area (TPSA) is 30.0 Å². The van der Waals surface area contributed by atoms with Crippen molar-refractivity contribution < 1.29 is 4.79 Å². The number of hydrogen-bond donors (Lipinski definition) is 0. The Balaban J connectivity index is 1.91. The van der Waals surface area contributed by atoms with Crippen LogP contribution in [-0.4, -0.2) is 22.3 Å². The summed E-state index contributed by atoms with van der Waals surface area (Å²) in [6.45, 7) is 1.62. The lowest BCUT2D eigenvalue weighted by molar-refractivity contribution is -0.116. The molecule has 0 bridgehead atoms. The van der Waals surface area contributed by atoms with Crippen molar-refractivity contribution in [1.82, 2.24) is 4.98 Å². The van der Waals surface area contributed by atoms with Gasteiger partial charge >= 0.3 is 0 Å². The van der Waals surface area contributed by atoms with Crippen LogP contribution in [0.1, 0.15) is 24.0 Å². The molecule has 2 heterocycles. The molecule has 1 fully saturated rings. The molecule has 0 radical (unpaired) electrons. The van der Waals surface area contributed by atoms with Crippen molar-refractivity contribution in [3.8, 4) is 0 Å². The summed E-state index contributed by atoms with van der Waals surface area (Å²) in [7, 11) is 0. The molecule has 4 heteroatoms. The molecule has 1 aromatic rings. The molecule has 1 aliphatic heterocycles. The van der Waals surface area contributed by atoms with Crippen LogP contribution in [-0.2, 0) is 17.6 Å². The molecule has 1 saturated heterocycles. The third-order valence-corrected chi connectivity index (χ3v) is 4.67. The van der Waals surface area contributed by atoms with Crippen LogP contribution in [0.5, 0.6) is 0 Å². The molecule has 1 atom stereocenters. The Labute approximate surface area is 98.5 Å². The van der Waals surface area contributed by atoms with Crippen LogP contribution in [0.25, 0.3) is 0 Å². The fourth-order valence-corrected chi connectivity index (χ4v) is 3.96. The van der Waals surface area contributed by atoms with Gasteiger partial charge < -0.3 is 0 Å². The first kappa shape index (κ1) is 11.1. The highest BCUT2D eigenvalue weighted by atomic mass is 32.2. The minimum absolute atomic E-state index is 0.197. The number of ketones is 1. The average molecular weight is 241 g/mol. The summed E-state index contributed by atoms with van der Waals surface area (Å²) in [5, 5.41) is 3.23. The molecule has 1 aliphatic rings. The predicted octanol–water partition coefficient (Wildman–Crippen LogP) is 2.57. The Morgan fingerprint density at radius 1 is 1.67 bits per heavy atom. The Bertz CT molecular complexity index is 342. The van der Waals surface area contributed by atoms with Gasteiger partial charge in [-0.25, -0.2) is 4.98 Å². The number of carbonyl (C=O) groups is 1. The largest absolute Gasteiger partial charge is 0.300 e. The zero-order valence-electron chi connectivity index (χ0n) is 8.86. The maximum Gasteiger partial charge on any atom is 0.135 e. The van der Waals surface area contributed by atoms with Crippen LogP contribution in [0.3, 0.4) is 0 Å². The third kappa shape index (κ3) is 3.31. The summed E-state index contributed by atoms with van der Waals surface area (Å²) in [4.78, 5) is 15.4. The van der Waals surface area contributed by atoms with Gasteiger partial charge in [-0.3, -0.25) is 4.79 Å². The van der Waals surface area contributed by atoms with E-state index < -0.39 is 0 Å². The molecule has 15 heavy (non-hydrogen) atoms. The maximum absolute atomic E-state index is 10.9. The molecule has 0 N–H and O–H groups in total. The fraction of sp³-hybridized carbons (Fsp3) is 0.636. The van der Waals surface area contributed by atoms with Crippen molar-refractivity contribution in [1.29, 1.82) is 0 Å². The van der Waals surface area contributed by atoms with E-state index in [0.717, 1.165) is 18.0 Å². The van der Waals surface area contributed by atoms with E-state index in [-0.39, 0.29) is 5.78 Å². The first-order chi connectivity index (χ1) is 7.24. The molecule has 1 aromatic heterocycles. The van der Waals surface area contributed by atoms with Crippen LogP contribution in [0, 0.1) is 5.92 Å². The summed E-state index contributed by atoms with van der Waals surface area (Å²) < 4.78 is 0. The lowest BCUT2D eigenvalue weighted by atomic mass is 10.1. The molecular formula is C11H15NOS2. The van der Waals surface area contributed by atoms with Gasteiger partial charge in [-0.05, 0) is 30.8 Å². The minimum atomic E-state index is 0.197. The zero-order valence-corrected chi connectivity index (χ0v) is 10.5. The van der Waals surface area contributed by atoms with Crippen LogP contribution in [0.2, 0.25) is 0 Å². The number of Topliss-reactive ketones (excluding diaryl/α,β-unsaturated/α-hetero) is 1. The normalized spacial score (nSPS) is 20.7. The number of hydrogen-bond acceptors (Lipinski definition) is 4. The van der Waals surface area contributed by atoms with E-state index in [9.17, 15) is 4.79 Å². The second kappa shape index (κ2) is 5.12. The molecule has 1 unspecified atom stereocenters. The molecule has 0 amide bonds. The quantitative estimate of drug-likeness (QED) is 0.811. The van der Waals surface area contributed by atoms with E-state index in [1.807, 2.05) is 17.1 Å². The Morgan fingerprint density at radius 3 is 3.20 bits per heavy atom. The molecule has 2 nitrogen and oxygen atoms in total. The summed E-state index contributed by atoms with van der Waals surface area (Å²) >= 11 is 3.75. The molecular weight excluding hydrogens is 226 g/mol. The molecule has 82 valence electrons. The lowest BCUT2D eigenvalue weighted by Gasteiger charge is -2.03. The van der Waals surface area contributed by atoms with Gasteiger partial charge in [0, 0.05) is 18.2 Å². The standard InChI is InChI=1S/C11H15NOS2/c1-8(13)4-10-7-15-11(12-10)5-9-2-3-14-6-9/h7,9H,2-6H2,1H3.